The van der Waals surface area contributed by atoms with Crippen molar-refractivity contribution in [3.63, 3.8) is 0 Å². The molecule has 0 atom stereocenters. The number of hydrogen-bond donors (Lipinski definition) is 0. The fourth-order valence-corrected chi connectivity index (χ4v) is 7.53. The van der Waals surface area contributed by atoms with Crippen molar-refractivity contribution in [2.75, 3.05) is 4.90 Å². The second-order valence-corrected chi connectivity index (χ2v) is 12.5. The Labute approximate surface area is 273 Å². The number of furan rings is 3. The van der Waals surface area contributed by atoms with Crippen LogP contribution in [-0.2, 0) is 0 Å². The van der Waals surface area contributed by atoms with E-state index in [2.05, 4.69) is 138 Å². The molecule has 0 saturated carbocycles. The standard InChI is InChI=1S/C44H25NO3/c1-2-9-29(10-3-1)45(31-15-18-34-36-17-14-26-8-4-5-11-32(26)44(36)48-43(34)25-31)30-16-19-35-38-21-28-22-40-37(33-12-6-7-13-39(33)46-40)20-27(28)23-41(38)47-42(35)24-30/h1-25H. The second-order valence-electron chi connectivity index (χ2n) is 12.5. The van der Waals surface area contributed by atoms with Crippen molar-refractivity contribution in [3.05, 3.63) is 152 Å². The lowest BCUT2D eigenvalue weighted by molar-refractivity contribution is 0.668. The molecule has 0 saturated heterocycles. The predicted octanol–water partition coefficient (Wildman–Crippen LogP) is 13.2. The van der Waals surface area contributed by atoms with Crippen molar-refractivity contribution in [2.24, 2.45) is 0 Å². The highest BCUT2D eigenvalue weighted by Gasteiger charge is 2.19. The summed E-state index contributed by atoms with van der Waals surface area (Å²) in [6.45, 7) is 0. The Kier molecular flexibility index (Phi) is 5.08. The maximum absolute atomic E-state index is 6.59. The minimum absolute atomic E-state index is 0.837. The minimum Gasteiger partial charge on any atom is -0.456 e. The maximum Gasteiger partial charge on any atom is 0.143 e. The first kappa shape index (κ1) is 25.6. The first-order chi connectivity index (χ1) is 23.7. The summed E-state index contributed by atoms with van der Waals surface area (Å²) in [6, 6.07) is 53.1. The van der Waals surface area contributed by atoms with Crippen molar-refractivity contribution < 1.29 is 13.3 Å². The molecule has 11 aromatic rings. The van der Waals surface area contributed by atoms with E-state index >= 15 is 0 Å². The average Bonchev–Trinajstić information content (AvgIpc) is 3.80. The Morgan fingerprint density at radius 1 is 0.292 bits per heavy atom. The van der Waals surface area contributed by atoms with Crippen LogP contribution in [0.2, 0.25) is 0 Å². The summed E-state index contributed by atoms with van der Waals surface area (Å²) in [5, 5.41) is 11.2. The Bertz CT molecular complexity index is 3070. The number of hydrogen-bond acceptors (Lipinski definition) is 4. The summed E-state index contributed by atoms with van der Waals surface area (Å²) in [5.74, 6) is 0. The van der Waals surface area contributed by atoms with Gasteiger partial charge in [0, 0.05) is 66.9 Å². The number of rotatable bonds is 3. The van der Waals surface area contributed by atoms with Crippen molar-refractivity contribution in [1.29, 1.82) is 0 Å². The van der Waals surface area contributed by atoms with Gasteiger partial charge in [-0.2, -0.15) is 0 Å². The van der Waals surface area contributed by atoms with Gasteiger partial charge in [0.25, 0.3) is 0 Å². The fourth-order valence-electron chi connectivity index (χ4n) is 7.53. The smallest absolute Gasteiger partial charge is 0.143 e. The highest BCUT2D eigenvalue weighted by Crippen LogP contribution is 2.42. The van der Waals surface area contributed by atoms with Crippen molar-refractivity contribution in [3.8, 4) is 0 Å². The van der Waals surface area contributed by atoms with Crippen LogP contribution in [0.15, 0.2) is 165 Å². The molecule has 224 valence electrons. The molecule has 3 heterocycles. The summed E-state index contributed by atoms with van der Waals surface area (Å²) in [4.78, 5) is 2.26. The lowest BCUT2D eigenvalue weighted by atomic mass is 10.0. The molecule has 4 heteroatoms. The van der Waals surface area contributed by atoms with E-state index in [4.69, 9.17) is 13.3 Å². The summed E-state index contributed by atoms with van der Waals surface area (Å²) in [5.41, 5.74) is 8.34. The van der Waals surface area contributed by atoms with Gasteiger partial charge in [-0.05, 0) is 89.0 Å². The third-order valence-corrected chi connectivity index (χ3v) is 9.79. The lowest BCUT2D eigenvalue weighted by Gasteiger charge is -2.25. The molecule has 0 unspecified atom stereocenters. The van der Waals surface area contributed by atoms with Crippen LogP contribution in [0.1, 0.15) is 0 Å². The zero-order valence-electron chi connectivity index (χ0n) is 25.6. The molecule has 0 amide bonds. The molecule has 0 radical (unpaired) electrons. The summed E-state index contributed by atoms with van der Waals surface area (Å²) < 4.78 is 19.4. The molecule has 0 spiro atoms. The van der Waals surface area contributed by atoms with Crippen LogP contribution in [0.4, 0.5) is 17.1 Å². The highest BCUT2D eigenvalue weighted by molar-refractivity contribution is 6.17. The third-order valence-electron chi connectivity index (χ3n) is 9.79. The molecule has 48 heavy (non-hydrogen) atoms. The van der Waals surface area contributed by atoms with E-state index in [0.29, 0.717) is 0 Å². The van der Waals surface area contributed by atoms with Gasteiger partial charge in [0.2, 0.25) is 0 Å². The van der Waals surface area contributed by atoms with E-state index in [1.54, 1.807) is 0 Å². The number of benzene rings is 8. The molecule has 0 aliphatic carbocycles. The number of nitrogens with zero attached hydrogens (tertiary/aromatic N) is 1. The molecule has 0 aliphatic heterocycles. The van der Waals surface area contributed by atoms with Gasteiger partial charge < -0.3 is 18.2 Å². The van der Waals surface area contributed by atoms with Gasteiger partial charge in [0.05, 0.1) is 0 Å². The molecule has 11 rings (SSSR count). The highest BCUT2D eigenvalue weighted by atomic mass is 16.3. The van der Waals surface area contributed by atoms with Crippen LogP contribution < -0.4 is 4.90 Å². The third kappa shape index (κ3) is 3.65. The van der Waals surface area contributed by atoms with Gasteiger partial charge in [-0.1, -0.05) is 66.7 Å². The van der Waals surface area contributed by atoms with E-state index < -0.39 is 0 Å². The number of fused-ring (bicyclic) bond motifs is 12. The van der Waals surface area contributed by atoms with Crippen LogP contribution in [0.5, 0.6) is 0 Å². The van der Waals surface area contributed by atoms with E-state index in [1.165, 1.54) is 5.39 Å². The van der Waals surface area contributed by atoms with E-state index in [1.807, 2.05) is 18.2 Å². The Morgan fingerprint density at radius 3 is 1.58 bits per heavy atom. The predicted molar refractivity (Wildman–Crippen MR) is 198 cm³/mol. The quantitative estimate of drug-likeness (QED) is 0.198. The zero-order chi connectivity index (χ0) is 31.3. The first-order valence-corrected chi connectivity index (χ1v) is 16.2. The maximum atomic E-state index is 6.59. The van der Waals surface area contributed by atoms with Gasteiger partial charge in [0.1, 0.15) is 33.5 Å². The molecule has 0 fully saturated rings. The number of anilines is 3. The average molecular weight is 616 g/mol. The van der Waals surface area contributed by atoms with Crippen LogP contribution in [-0.4, -0.2) is 0 Å². The molecular formula is C44H25NO3. The SMILES string of the molecule is c1ccc(N(c2ccc3c(c2)oc2cc4cc5c(cc4cc23)oc2ccccc25)c2ccc3c(c2)oc2c4ccccc4ccc32)cc1. The Hall–Kier alpha value is -6.52. The lowest BCUT2D eigenvalue weighted by Crippen LogP contribution is -2.09. The molecule has 8 aromatic carbocycles. The van der Waals surface area contributed by atoms with E-state index in [-0.39, 0.29) is 0 Å². The van der Waals surface area contributed by atoms with Gasteiger partial charge in [-0.25, -0.2) is 0 Å². The minimum atomic E-state index is 0.837. The van der Waals surface area contributed by atoms with Crippen LogP contribution in [0, 0.1) is 0 Å². The van der Waals surface area contributed by atoms with E-state index in [0.717, 1.165) is 99.0 Å². The van der Waals surface area contributed by atoms with E-state index in [9.17, 15) is 0 Å². The van der Waals surface area contributed by atoms with Gasteiger partial charge >= 0.3 is 0 Å². The van der Waals surface area contributed by atoms with Crippen molar-refractivity contribution >= 4 is 104 Å². The number of para-hydroxylation sites is 2. The molecule has 4 nitrogen and oxygen atoms in total. The van der Waals surface area contributed by atoms with Crippen molar-refractivity contribution in [1.82, 2.24) is 0 Å². The Balaban J connectivity index is 1.08. The van der Waals surface area contributed by atoms with Crippen LogP contribution in [0.25, 0.3) is 87.4 Å². The molecule has 0 aliphatic rings. The largest absolute Gasteiger partial charge is 0.456 e. The molecule has 0 N–H and O–H groups in total. The monoisotopic (exact) mass is 615 g/mol. The first-order valence-electron chi connectivity index (χ1n) is 16.2. The topological polar surface area (TPSA) is 42.7 Å². The van der Waals surface area contributed by atoms with Crippen LogP contribution >= 0.6 is 0 Å². The second kappa shape index (κ2) is 9.50. The fraction of sp³-hybridized carbons (Fsp3) is 0. The summed E-state index contributed by atoms with van der Waals surface area (Å²) in [6.07, 6.45) is 0. The zero-order valence-corrected chi connectivity index (χ0v) is 25.6. The molecule has 3 aromatic heterocycles. The Morgan fingerprint density at radius 2 is 0.833 bits per heavy atom. The van der Waals surface area contributed by atoms with Gasteiger partial charge in [0.15, 0.2) is 0 Å². The van der Waals surface area contributed by atoms with Crippen molar-refractivity contribution in [2.45, 2.75) is 0 Å². The summed E-state index contributed by atoms with van der Waals surface area (Å²) >= 11 is 0. The summed E-state index contributed by atoms with van der Waals surface area (Å²) in [7, 11) is 0. The van der Waals surface area contributed by atoms with Gasteiger partial charge in [-0.15, -0.1) is 0 Å². The normalized spacial score (nSPS) is 12.2. The van der Waals surface area contributed by atoms with Crippen LogP contribution in [0.3, 0.4) is 0 Å². The van der Waals surface area contributed by atoms with Gasteiger partial charge in [-0.3, -0.25) is 0 Å². The molecular weight excluding hydrogens is 590 g/mol. The molecule has 0 bridgehead atoms.